The number of hydrogen-bond acceptors (Lipinski definition) is 5. The number of sulfonamides is 1. The summed E-state index contributed by atoms with van der Waals surface area (Å²) < 4.78 is 26.3. The van der Waals surface area contributed by atoms with Crippen LogP contribution < -0.4 is 14.9 Å². The minimum atomic E-state index is -3.19. The molecule has 0 bridgehead atoms. The highest BCUT2D eigenvalue weighted by molar-refractivity contribution is 7.89. The molecule has 1 aromatic carbocycles. The first-order valence-corrected chi connectivity index (χ1v) is 11.1. The molecular formula is C20H26N4O3S. The summed E-state index contributed by atoms with van der Waals surface area (Å²) in [7, 11) is -3.19. The number of benzene rings is 1. The maximum absolute atomic E-state index is 12.7. The standard InChI is InChI=1S/C20H26N4O3S/c1-2-28(26,27)23-17-9-12-24(13-10-17)19-8-4-3-7-18(19)20(25)22-15-16-6-5-11-21-14-16/h3-8,11,14,17,23H,2,9-10,12-13,15H2,1H3,(H,22,25). The zero-order chi connectivity index (χ0) is 20.0. The number of piperidine rings is 1. The SMILES string of the molecule is CCS(=O)(=O)NC1CCN(c2ccccc2C(=O)NCc2cccnc2)CC1. The smallest absolute Gasteiger partial charge is 0.253 e. The van der Waals surface area contributed by atoms with E-state index in [9.17, 15) is 13.2 Å². The first kappa shape index (κ1) is 20.3. The number of pyridine rings is 1. The van der Waals surface area contributed by atoms with Crippen LogP contribution in [0.15, 0.2) is 48.8 Å². The lowest BCUT2D eigenvalue weighted by molar-refractivity contribution is 0.0951. The van der Waals surface area contributed by atoms with Crippen molar-refractivity contribution in [1.29, 1.82) is 0 Å². The Kier molecular flexibility index (Phi) is 6.64. The molecule has 150 valence electrons. The van der Waals surface area contributed by atoms with Crippen molar-refractivity contribution in [3.63, 3.8) is 0 Å². The highest BCUT2D eigenvalue weighted by Crippen LogP contribution is 2.24. The van der Waals surface area contributed by atoms with Gasteiger partial charge < -0.3 is 10.2 Å². The lowest BCUT2D eigenvalue weighted by Gasteiger charge is -2.34. The van der Waals surface area contributed by atoms with Crippen LogP contribution in [0.5, 0.6) is 0 Å². The number of nitrogens with one attached hydrogen (secondary N) is 2. The Morgan fingerprint density at radius 3 is 2.61 bits per heavy atom. The third-order valence-electron chi connectivity index (χ3n) is 4.89. The molecule has 2 N–H and O–H groups in total. The van der Waals surface area contributed by atoms with Gasteiger partial charge in [-0.25, -0.2) is 13.1 Å². The van der Waals surface area contributed by atoms with E-state index < -0.39 is 10.0 Å². The third-order valence-corrected chi connectivity index (χ3v) is 6.34. The summed E-state index contributed by atoms with van der Waals surface area (Å²) in [6.45, 7) is 3.45. The predicted octanol–water partition coefficient (Wildman–Crippen LogP) is 1.92. The van der Waals surface area contributed by atoms with Gasteiger partial charge in [0.15, 0.2) is 0 Å². The van der Waals surface area contributed by atoms with Crippen LogP contribution in [0.4, 0.5) is 5.69 Å². The largest absolute Gasteiger partial charge is 0.371 e. The number of anilines is 1. The minimum absolute atomic E-state index is 0.0484. The molecule has 1 fully saturated rings. The number of carbonyl (C=O) groups is 1. The number of para-hydroxylation sites is 1. The van der Waals surface area contributed by atoms with E-state index in [2.05, 4.69) is 19.9 Å². The Morgan fingerprint density at radius 2 is 1.93 bits per heavy atom. The number of hydrogen-bond donors (Lipinski definition) is 2. The second-order valence-corrected chi connectivity index (χ2v) is 8.89. The fourth-order valence-corrected chi connectivity index (χ4v) is 4.21. The Bertz CT molecular complexity index is 895. The molecule has 0 aliphatic carbocycles. The highest BCUT2D eigenvalue weighted by atomic mass is 32.2. The molecule has 3 rings (SSSR count). The van der Waals surface area contributed by atoms with E-state index in [1.54, 1.807) is 19.3 Å². The van der Waals surface area contributed by atoms with Crippen LogP contribution in [0.25, 0.3) is 0 Å². The Labute approximate surface area is 166 Å². The molecule has 1 aromatic heterocycles. The van der Waals surface area contributed by atoms with Gasteiger partial charge in [0.2, 0.25) is 10.0 Å². The summed E-state index contributed by atoms with van der Waals surface area (Å²) >= 11 is 0. The van der Waals surface area contributed by atoms with E-state index in [1.807, 2.05) is 36.4 Å². The molecule has 1 aliphatic heterocycles. The van der Waals surface area contributed by atoms with Crippen LogP contribution in [-0.4, -0.2) is 44.2 Å². The zero-order valence-electron chi connectivity index (χ0n) is 16.0. The lowest BCUT2D eigenvalue weighted by Crippen LogP contribution is -2.45. The minimum Gasteiger partial charge on any atom is -0.371 e. The molecule has 2 aromatic rings. The summed E-state index contributed by atoms with van der Waals surface area (Å²) in [6, 6.07) is 11.2. The van der Waals surface area contributed by atoms with Gasteiger partial charge >= 0.3 is 0 Å². The average Bonchev–Trinajstić information content (AvgIpc) is 2.73. The van der Waals surface area contributed by atoms with E-state index in [0.717, 1.165) is 11.3 Å². The van der Waals surface area contributed by atoms with Crippen LogP contribution in [0, 0.1) is 0 Å². The van der Waals surface area contributed by atoms with E-state index in [-0.39, 0.29) is 17.7 Å². The second-order valence-electron chi connectivity index (χ2n) is 6.84. The molecule has 0 radical (unpaired) electrons. The topological polar surface area (TPSA) is 91.4 Å². The molecule has 0 atom stereocenters. The van der Waals surface area contributed by atoms with Crippen LogP contribution in [0.1, 0.15) is 35.7 Å². The summed E-state index contributed by atoms with van der Waals surface area (Å²) in [5.41, 5.74) is 2.44. The number of carbonyl (C=O) groups excluding carboxylic acids is 1. The number of amides is 1. The Balaban J connectivity index is 1.63. The molecule has 2 heterocycles. The molecule has 1 amide bonds. The molecule has 1 saturated heterocycles. The maximum Gasteiger partial charge on any atom is 0.253 e. The van der Waals surface area contributed by atoms with E-state index in [1.165, 1.54) is 0 Å². The summed E-state index contributed by atoms with van der Waals surface area (Å²) in [4.78, 5) is 18.9. The van der Waals surface area contributed by atoms with Gasteiger partial charge in [-0.3, -0.25) is 9.78 Å². The summed E-state index contributed by atoms with van der Waals surface area (Å²) in [5.74, 6) is -0.0408. The fraction of sp³-hybridized carbons (Fsp3) is 0.400. The fourth-order valence-electron chi connectivity index (χ4n) is 3.30. The third kappa shape index (κ3) is 5.30. The monoisotopic (exact) mass is 402 g/mol. The number of aromatic nitrogens is 1. The van der Waals surface area contributed by atoms with Gasteiger partial charge in [-0.15, -0.1) is 0 Å². The molecular weight excluding hydrogens is 376 g/mol. The van der Waals surface area contributed by atoms with Gasteiger partial charge in [-0.1, -0.05) is 18.2 Å². The van der Waals surface area contributed by atoms with Gasteiger partial charge in [0.25, 0.3) is 5.91 Å². The molecule has 7 nitrogen and oxygen atoms in total. The van der Waals surface area contributed by atoms with Gasteiger partial charge in [-0.2, -0.15) is 0 Å². The maximum atomic E-state index is 12.7. The van der Waals surface area contributed by atoms with Crippen molar-refractivity contribution in [2.45, 2.75) is 32.4 Å². The molecule has 28 heavy (non-hydrogen) atoms. The van der Waals surface area contributed by atoms with E-state index >= 15 is 0 Å². The van der Waals surface area contributed by atoms with Gasteiger partial charge in [0.05, 0.1) is 11.3 Å². The van der Waals surface area contributed by atoms with Crippen LogP contribution in [-0.2, 0) is 16.6 Å². The predicted molar refractivity (Wildman–Crippen MR) is 110 cm³/mol. The molecule has 8 heteroatoms. The number of rotatable bonds is 7. The van der Waals surface area contributed by atoms with Gasteiger partial charge in [-0.05, 0) is 43.5 Å². The first-order chi connectivity index (χ1) is 13.5. The number of nitrogens with zero attached hydrogens (tertiary/aromatic N) is 2. The molecule has 0 unspecified atom stereocenters. The Morgan fingerprint density at radius 1 is 1.18 bits per heavy atom. The zero-order valence-corrected chi connectivity index (χ0v) is 16.8. The van der Waals surface area contributed by atoms with Gasteiger partial charge in [0, 0.05) is 43.8 Å². The van der Waals surface area contributed by atoms with Crippen LogP contribution in [0.3, 0.4) is 0 Å². The van der Waals surface area contributed by atoms with E-state index in [4.69, 9.17) is 0 Å². The second kappa shape index (κ2) is 9.16. The first-order valence-electron chi connectivity index (χ1n) is 9.49. The lowest BCUT2D eigenvalue weighted by atomic mass is 10.0. The molecule has 0 spiro atoms. The average molecular weight is 403 g/mol. The van der Waals surface area contributed by atoms with Gasteiger partial charge in [0.1, 0.15) is 0 Å². The quantitative estimate of drug-likeness (QED) is 0.738. The van der Waals surface area contributed by atoms with Crippen molar-refractivity contribution >= 4 is 21.6 Å². The van der Waals surface area contributed by atoms with Crippen LogP contribution >= 0.6 is 0 Å². The van der Waals surface area contributed by atoms with Crippen molar-refractivity contribution in [1.82, 2.24) is 15.0 Å². The van der Waals surface area contributed by atoms with Crippen molar-refractivity contribution in [2.24, 2.45) is 0 Å². The Hall–Kier alpha value is -2.45. The van der Waals surface area contributed by atoms with E-state index in [0.29, 0.717) is 38.0 Å². The summed E-state index contributed by atoms with van der Waals surface area (Å²) in [6.07, 6.45) is 4.86. The van der Waals surface area contributed by atoms with Crippen LogP contribution in [0.2, 0.25) is 0 Å². The van der Waals surface area contributed by atoms with Crippen molar-refractivity contribution in [3.05, 3.63) is 59.9 Å². The van der Waals surface area contributed by atoms with Crippen molar-refractivity contribution in [2.75, 3.05) is 23.7 Å². The molecule has 1 aliphatic rings. The molecule has 0 saturated carbocycles. The normalized spacial score (nSPS) is 15.4. The van der Waals surface area contributed by atoms with Crippen molar-refractivity contribution in [3.8, 4) is 0 Å². The van der Waals surface area contributed by atoms with Crippen molar-refractivity contribution < 1.29 is 13.2 Å². The summed E-state index contributed by atoms with van der Waals surface area (Å²) in [5, 5.41) is 2.94. The highest BCUT2D eigenvalue weighted by Gasteiger charge is 2.25.